The maximum absolute atomic E-state index is 13.7. The van der Waals surface area contributed by atoms with Crippen molar-refractivity contribution < 1.29 is 17.5 Å². The van der Waals surface area contributed by atoms with E-state index in [4.69, 9.17) is 22.1 Å². The molecule has 0 aliphatic heterocycles. The molecule has 1 aliphatic carbocycles. The average Bonchev–Trinajstić information content (AvgIpc) is 3.17. The van der Waals surface area contributed by atoms with Crippen LogP contribution in [0.5, 0.6) is 0 Å². The van der Waals surface area contributed by atoms with Crippen molar-refractivity contribution in [2.75, 3.05) is 25.5 Å². The fourth-order valence-electron chi connectivity index (χ4n) is 1.64. The van der Waals surface area contributed by atoms with E-state index in [1.165, 1.54) is 12.8 Å². The Labute approximate surface area is 122 Å². The summed E-state index contributed by atoms with van der Waals surface area (Å²) in [5.41, 5.74) is 5.06. The summed E-state index contributed by atoms with van der Waals surface area (Å²) in [5, 5.41) is 0.0641. The molecule has 1 aromatic rings. The van der Waals surface area contributed by atoms with Crippen molar-refractivity contribution in [3.8, 4) is 0 Å². The van der Waals surface area contributed by atoms with Gasteiger partial charge in [-0.3, -0.25) is 0 Å². The van der Waals surface area contributed by atoms with Crippen molar-refractivity contribution in [2.45, 2.75) is 17.7 Å². The number of benzene rings is 1. The Morgan fingerprint density at radius 1 is 1.45 bits per heavy atom. The monoisotopic (exact) mass is 322 g/mol. The van der Waals surface area contributed by atoms with Gasteiger partial charge in [-0.15, -0.1) is 0 Å². The molecule has 112 valence electrons. The number of rotatable bonds is 7. The summed E-state index contributed by atoms with van der Waals surface area (Å²) in [4.78, 5) is -0.551. The van der Waals surface area contributed by atoms with Gasteiger partial charge in [0, 0.05) is 18.2 Å². The first-order chi connectivity index (χ1) is 9.40. The predicted molar refractivity (Wildman–Crippen MR) is 74.6 cm³/mol. The van der Waals surface area contributed by atoms with E-state index in [2.05, 4.69) is 4.72 Å². The minimum Gasteiger partial charge on any atom is -0.396 e. The zero-order valence-corrected chi connectivity index (χ0v) is 12.3. The topological polar surface area (TPSA) is 81.4 Å². The third-order valence-corrected chi connectivity index (χ3v) is 4.59. The second-order valence-electron chi connectivity index (χ2n) is 4.72. The number of hydrogen-bond acceptors (Lipinski definition) is 4. The van der Waals surface area contributed by atoms with E-state index < -0.39 is 20.7 Å². The van der Waals surface area contributed by atoms with Gasteiger partial charge in [-0.25, -0.2) is 17.5 Å². The highest BCUT2D eigenvalue weighted by atomic mass is 35.5. The third-order valence-electron chi connectivity index (χ3n) is 2.91. The number of ether oxygens (including phenoxy) is 1. The summed E-state index contributed by atoms with van der Waals surface area (Å²) in [6.45, 7) is 0.953. The number of anilines is 1. The summed E-state index contributed by atoms with van der Waals surface area (Å²) in [6, 6.07) is 2.19. The van der Waals surface area contributed by atoms with Crippen molar-refractivity contribution in [3.05, 3.63) is 23.0 Å². The standard InChI is InChI=1S/C12H16ClFN2O3S/c13-9-5-10(15)12(14)11(6-9)20(17,18)16-3-4-19-7-8-1-2-8/h5-6,8,16H,1-4,7,15H2. The van der Waals surface area contributed by atoms with Gasteiger partial charge in [-0.1, -0.05) is 11.6 Å². The van der Waals surface area contributed by atoms with Crippen LogP contribution in [0.3, 0.4) is 0 Å². The van der Waals surface area contributed by atoms with Crippen molar-refractivity contribution in [1.29, 1.82) is 0 Å². The fourth-order valence-corrected chi connectivity index (χ4v) is 3.08. The van der Waals surface area contributed by atoms with Crippen molar-refractivity contribution >= 4 is 27.3 Å². The Morgan fingerprint density at radius 2 is 2.15 bits per heavy atom. The predicted octanol–water partition coefficient (Wildman–Crippen LogP) is 1.77. The maximum atomic E-state index is 13.7. The second kappa shape index (κ2) is 6.26. The van der Waals surface area contributed by atoms with Gasteiger partial charge < -0.3 is 10.5 Å². The Morgan fingerprint density at radius 3 is 2.80 bits per heavy atom. The molecule has 0 atom stereocenters. The van der Waals surface area contributed by atoms with Crippen LogP contribution in [0.2, 0.25) is 5.02 Å². The molecule has 0 unspecified atom stereocenters. The van der Waals surface area contributed by atoms with Crippen LogP contribution in [0.25, 0.3) is 0 Å². The van der Waals surface area contributed by atoms with Gasteiger partial charge in [-0.05, 0) is 30.9 Å². The van der Waals surface area contributed by atoms with E-state index in [1.54, 1.807) is 0 Å². The molecular formula is C12H16ClFN2O3S. The average molecular weight is 323 g/mol. The molecule has 20 heavy (non-hydrogen) atoms. The molecule has 2 rings (SSSR count). The van der Waals surface area contributed by atoms with Crippen LogP contribution in [0.15, 0.2) is 17.0 Å². The lowest BCUT2D eigenvalue weighted by Crippen LogP contribution is -2.28. The molecule has 0 spiro atoms. The minimum atomic E-state index is -3.99. The molecule has 8 heteroatoms. The number of nitrogens with one attached hydrogen (secondary N) is 1. The first-order valence-electron chi connectivity index (χ1n) is 6.22. The molecule has 0 amide bonds. The van der Waals surface area contributed by atoms with Crippen LogP contribution in [-0.2, 0) is 14.8 Å². The van der Waals surface area contributed by atoms with Gasteiger partial charge in [0.05, 0.1) is 12.3 Å². The molecule has 5 nitrogen and oxygen atoms in total. The lowest BCUT2D eigenvalue weighted by Gasteiger charge is -2.10. The van der Waals surface area contributed by atoms with E-state index in [0.717, 1.165) is 12.1 Å². The lowest BCUT2D eigenvalue weighted by molar-refractivity contribution is 0.129. The molecule has 0 heterocycles. The Hall–Kier alpha value is -0.890. The van der Waals surface area contributed by atoms with Crippen molar-refractivity contribution in [3.63, 3.8) is 0 Å². The van der Waals surface area contributed by atoms with E-state index >= 15 is 0 Å². The highest BCUT2D eigenvalue weighted by molar-refractivity contribution is 7.89. The van der Waals surface area contributed by atoms with Gasteiger partial charge in [0.25, 0.3) is 0 Å². The molecule has 1 aliphatic rings. The smallest absolute Gasteiger partial charge is 0.243 e. The minimum absolute atomic E-state index is 0.0641. The molecular weight excluding hydrogens is 307 g/mol. The molecule has 1 fully saturated rings. The van der Waals surface area contributed by atoms with Gasteiger partial charge in [0.1, 0.15) is 4.90 Å². The SMILES string of the molecule is Nc1cc(Cl)cc(S(=O)(=O)NCCOCC2CC2)c1F. The van der Waals surface area contributed by atoms with Gasteiger partial charge in [-0.2, -0.15) is 0 Å². The highest BCUT2D eigenvalue weighted by Gasteiger charge is 2.22. The fraction of sp³-hybridized carbons (Fsp3) is 0.500. The quantitative estimate of drug-likeness (QED) is 0.592. The van der Waals surface area contributed by atoms with Crippen molar-refractivity contribution in [2.24, 2.45) is 5.92 Å². The molecule has 1 aromatic carbocycles. The molecule has 3 N–H and O–H groups in total. The zero-order chi connectivity index (χ0) is 14.8. The lowest BCUT2D eigenvalue weighted by atomic mass is 10.3. The number of nitrogens with two attached hydrogens (primary N) is 1. The Balaban J connectivity index is 1.95. The Bertz CT molecular complexity index is 591. The third kappa shape index (κ3) is 4.05. The van der Waals surface area contributed by atoms with Crippen LogP contribution in [0.4, 0.5) is 10.1 Å². The van der Waals surface area contributed by atoms with E-state index in [-0.39, 0.29) is 23.9 Å². The van der Waals surface area contributed by atoms with Crippen LogP contribution >= 0.6 is 11.6 Å². The number of hydrogen-bond donors (Lipinski definition) is 2. The van der Waals surface area contributed by atoms with Crippen LogP contribution in [0, 0.1) is 11.7 Å². The Kier molecular flexibility index (Phi) is 4.85. The van der Waals surface area contributed by atoms with Crippen LogP contribution in [-0.4, -0.2) is 28.2 Å². The van der Waals surface area contributed by atoms with E-state index in [9.17, 15) is 12.8 Å². The number of halogens is 2. The molecule has 0 saturated heterocycles. The van der Waals surface area contributed by atoms with Gasteiger partial charge in [0.15, 0.2) is 5.82 Å². The van der Waals surface area contributed by atoms with E-state index in [0.29, 0.717) is 12.5 Å². The second-order valence-corrected chi connectivity index (χ2v) is 6.90. The molecule has 0 radical (unpaired) electrons. The first-order valence-corrected chi connectivity index (χ1v) is 8.08. The summed E-state index contributed by atoms with van der Waals surface area (Å²) >= 11 is 5.69. The normalized spacial score (nSPS) is 15.5. The van der Waals surface area contributed by atoms with Crippen LogP contribution in [0.1, 0.15) is 12.8 Å². The highest BCUT2D eigenvalue weighted by Crippen LogP contribution is 2.28. The number of nitrogen functional groups attached to an aromatic ring is 1. The summed E-state index contributed by atoms with van der Waals surface area (Å²) in [6.07, 6.45) is 2.33. The summed E-state index contributed by atoms with van der Waals surface area (Å²) in [7, 11) is -3.99. The number of sulfonamides is 1. The maximum Gasteiger partial charge on any atom is 0.243 e. The molecule has 1 saturated carbocycles. The zero-order valence-electron chi connectivity index (χ0n) is 10.7. The summed E-state index contributed by atoms with van der Waals surface area (Å²) < 4.78 is 45.2. The van der Waals surface area contributed by atoms with Gasteiger partial charge >= 0.3 is 0 Å². The van der Waals surface area contributed by atoms with Crippen LogP contribution < -0.4 is 10.5 Å². The summed E-state index contributed by atoms with van der Waals surface area (Å²) in [5.74, 6) is -0.391. The van der Waals surface area contributed by atoms with Gasteiger partial charge in [0.2, 0.25) is 10.0 Å². The largest absolute Gasteiger partial charge is 0.396 e. The first kappa shape index (κ1) is 15.5. The van der Waals surface area contributed by atoms with Crippen molar-refractivity contribution in [1.82, 2.24) is 4.72 Å². The molecule has 0 bridgehead atoms. The van der Waals surface area contributed by atoms with E-state index in [1.807, 2.05) is 0 Å². The molecule has 0 aromatic heterocycles.